The van der Waals surface area contributed by atoms with Gasteiger partial charge in [-0.05, 0) is 38.1 Å². The van der Waals surface area contributed by atoms with E-state index < -0.39 is 17.8 Å². The van der Waals surface area contributed by atoms with Gasteiger partial charge in [0.1, 0.15) is 5.75 Å². The Bertz CT molecular complexity index is 679. The van der Waals surface area contributed by atoms with Crippen molar-refractivity contribution in [3.05, 3.63) is 35.5 Å². The highest BCUT2D eigenvalue weighted by Crippen LogP contribution is 2.26. The van der Waals surface area contributed by atoms with Crippen LogP contribution in [0.3, 0.4) is 0 Å². The number of ether oxygens (including phenoxy) is 2. The Morgan fingerprint density at radius 1 is 1.29 bits per heavy atom. The second-order valence-electron chi connectivity index (χ2n) is 5.28. The van der Waals surface area contributed by atoms with Crippen molar-refractivity contribution in [2.24, 2.45) is 5.92 Å². The van der Waals surface area contributed by atoms with E-state index in [1.165, 1.54) is 7.11 Å². The molecule has 7 heteroatoms. The number of benzene rings is 1. The molecular weight excluding hydrogens is 312 g/mol. The molecule has 128 valence electrons. The van der Waals surface area contributed by atoms with Crippen LogP contribution in [0.4, 0.5) is 5.69 Å². The Morgan fingerprint density at radius 3 is 2.54 bits per heavy atom. The van der Waals surface area contributed by atoms with E-state index in [9.17, 15) is 14.4 Å². The molecule has 0 aromatic heterocycles. The van der Waals surface area contributed by atoms with Gasteiger partial charge in [-0.2, -0.15) is 0 Å². The van der Waals surface area contributed by atoms with Crippen molar-refractivity contribution >= 4 is 23.5 Å². The van der Waals surface area contributed by atoms with Crippen LogP contribution in [0.1, 0.15) is 20.3 Å². The van der Waals surface area contributed by atoms with Gasteiger partial charge < -0.3 is 20.1 Å². The van der Waals surface area contributed by atoms with Crippen LogP contribution in [-0.2, 0) is 19.1 Å². The number of carbonyl (C=O) groups excluding carboxylic acids is 3. The fourth-order valence-corrected chi connectivity index (χ4v) is 2.54. The number of carbonyl (C=O) groups is 3. The minimum absolute atomic E-state index is 0.107. The highest BCUT2D eigenvalue weighted by molar-refractivity contribution is 6.06. The zero-order chi connectivity index (χ0) is 17.7. The molecule has 0 unspecified atom stereocenters. The molecular formula is C17H20N2O5. The van der Waals surface area contributed by atoms with Gasteiger partial charge in [0.2, 0.25) is 11.8 Å². The van der Waals surface area contributed by atoms with Crippen molar-refractivity contribution in [1.82, 2.24) is 5.32 Å². The van der Waals surface area contributed by atoms with Crippen LogP contribution < -0.4 is 15.4 Å². The molecule has 1 aromatic rings. The molecule has 2 N–H and O–H groups in total. The molecule has 0 spiro atoms. The fourth-order valence-electron chi connectivity index (χ4n) is 2.54. The van der Waals surface area contributed by atoms with Crippen LogP contribution >= 0.6 is 0 Å². The quantitative estimate of drug-likeness (QED) is 0.799. The van der Waals surface area contributed by atoms with E-state index in [4.69, 9.17) is 9.47 Å². The third-order valence-electron chi connectivity index (χ3n) is 3.62. The number of methoxy groups -OCH3 is 1. The second-order valence-corrected chi connectivity index (χ2v) is 5.28. The van der Waals surface area contributed by atoms with Crippen LogP contribution in [0.2, 0.25) is 0 Å². The summed E-state index contributed by atoms with van der Waals surface area (Å²) < 4.78 is 10.1. The van der Waals surface area contributed by atoms with Gasteiger partial charge in [-0.15, -0.1) is 0 Å². The summed E-state index contributed by atoms with van der Waals surface area (Å²) in [6.07, 6.45) is -0.107. The Morgan fingerprint density at radius 2 is 1.96 bits per heavy atom. The van der Waals surface area contributed by atoms with Gasteiger partial charge in [0.25, 0.3) is 0 Å². The maximum atomic E-state index is 12.5. The molecule has 7 nitrogen and oxygen atoms in total. The summed E-state index contributed by atoms with van der Waals surface area (Å²) in [4.78, 5) is 36.2. The van der Waals surface area contributed by atoms with Crippen molar-refractivity contribution in [1.29, 1.82) is 0 Å². The van der Waals surface area contributed by atoms with Crippen molar-refractivity contribution in [3.8, 4) is 5.75 Å². The molecule has 24 heavy (non-hydrogen) atoms. The number of rotatable bonds is 5. The summed E-state index contributed by atoms with van der Waals surface area (Å²) in [5, 5.41) is 5.27. The average Bonchev–Trinajstić information content (AvgIpc) is 2.55. The minimum atomic E-state index is -0.891. The number of hydrogen-bond donors (Lipinski definition) is 2. The van der Waals surface area contributed by atoms with E-state index in [1.807, 2.05) is 6.92 Å². The lowest BCUT2D eigenvalue weighted by Crippen LogP contribution is -2.40. The number of nitrogens with one attached hydrogen (secondary N) is 2. The molecule has 0 bridgehead atoms. The zero-order valence-corrected chi connectivity index (χ0v) is 13.8. The number of hydrogen-bond acceptors (Lipinski definition) is 5. The summed E-state index contributed by atoms with van der Waals surface area (Å²) in [7, 11) is 1.24. The highest BCUT2D eigenvalue weighted by Gasteiger charge is 2.36. The van der Waals surface area contributed by atoms with Crippen LogP contribution in [0, 0.1) is 5.92 Å². The van der Waals surface area contributed by atoms with E-state index in [0.717, 1.165) is 0 Å². The summed E-state index contributed by atoms with van der Waals surface area (Å²) in [5.41, 5.74) is 1.06. The Balaban J connectivity index is 2.18. The Labute approximate surface area is 140 Å². The lowest BCUT2D eigenvalue weighted by Gasteiger charge is -2.25. The van der Waals surface area contributed by atoms with E-state index in [-0.39, 0.29) is 17.9 Å². The first-order valence-corrected chi connectivity index (χ1v) is 7.59. The van der Waals surface area contributed by atoms with Gasteiger partial charge in [0.05, 0.1) is 25.2 Å². The van der Waals surface area contributed by atoms with Crippen molar-refractivity contribution in [2.45, 2.75) is 20.3 Å². The van der Waals surface area contributed by atoms with Crippen LogP contribution in [0.15, 0.2) is 35.5 Å². The van der Waals surface area contributed by atoms with Crippen molar-refractivity contribution in [3.63, 3.8) is 0 Å². The molecule has 0 saturated carbocycles. The van der Waals surface area contributed by atoms with Crippen LogP contribution in [-0.4, -0.2) is 31.5 Å². The lowest BCUT2D eigenvalue weighted by atomic mass is 9.89. The van der Waals surface area contributed by atoms with Gasteiger partial charge in [0, 0.05) is 17.8 Å². The molecule has 0 saturated heterocycles. The predicted molar refractivity (Wildman–Crippen MR) is 87.2 cm³/mol. The molecule has 1 aromatic carbocycles. The normalized spacial score (nSPS) is 17.1. The van der Waals surface area contributed by atoms with E-state index in [2.05, 4.69) is 10.6 Å². The van der Waals surface area contributed by atoms with Gasteiger partial charge in [-0.25, -0.2) is 4.79 Å². The van der Waals surface area contributed by atoms with Gasteiger partial charge in [0.15, 0.2) is 0 Å². The van der Waals surface area contributed by atoms with Gasteiger partial charge >= 0.3 is 5.97 Å². The van der Waals surface area contributed by atoms with Crippen LogP contribution in [0.5, 0.6) is 5.75 Å². The predicted octanol–water partition coefficient (Wildman–Crippen LogP) is 1.61. The molecule has 0 fully saturated rings. The molecule has 1 heterocycles. The first-order chi connectivity index (χ1) is 11.5. The average molecular weight is 332 g/mol. The third-order valence-corrected chi connectivity index (χ3v) is 3.62. The molecule has 0 radical (unpaired) electrons. The largest absolute Gasteiger partial charge is 0.494 e. The van der Waals surface area contributed by atoms with Gasteiger partial charge in [-0.3, -0.25) is 9.59 Å². The van der Waals surface area contributed by atoms with Crippen LogP contribution in [0.25, 0.3) is 0 Å². The summed E-state index contributed by atoms with van der Waals surface area (Å²) >= 11 is 0. The van der Waals surface area contributed by atoms with E-state index in [1.54, 1.807) is 31.2 Å². The second kappa shape index (κ2) is 7.63. The lowest BCUT2D eigenvalue weighted by molar-refractivity contribution is -0.139. The summed E-state index contributed by atoms with van der Waals surface area (Å²) in [6.45, 7) is 4.00. The number of esters is 1. The smallest absolute Gasteiger partial charge is 0.336 e. The zero-order valence-electron chi connectivity index (χ0n) is 13.8. The highest BCUT2D eigenvalue weighted by atomic mass is 16.5. The molecule has 2 rings (SSSR count). The Kier molecular flexibility index (Phi) is 5.57. The van der Waals surface area contributed by atoms with E-state index in [0.29, 0.717) is 23.7 Å². The molecule has 1 atom stereocenters. The SMILES string of the molecule is CCOc1ccc(NC(=O)[C@@H]2CC(=O)NC(C)=C2C(=O)OC)cc1. The molecule has 0 aliphatic carbocycles. The topological polar surface area (TPSA) is 93.7 Å². The molecule has 1 aliphatic heterocycles. The number of allylic oxidation sites excluding steroid dienone is 1. The summed E-state index contributed by atoms with van der Waals surface area (Å²) in [6, 6.07) is 6.85. The standard InChI is InChI=1S/C17H20N2O5/c1-4-24-12-7-5-11(6-8-12)19-16(21)13-9-14(20)18-10(2)15(13)17(22)23-3/h5-8,13H,4,9H2,1-3H3,(H,18,20)(H,19,21)/t13-/m1/s1. The minimum Gasteiger partial charge on any atom is -0.494 e. The maximum Gasteiger partial charge on any atom is 0.336 e. The molecule has 2 amide bonds. The van der Waals surface area contributed by atoms with Crippen molar-refractivity contribution < 1.29 is 23.9 Å². The first-order valence-electron chi connectivity index (χ1n) is 7.59. The monoisotopic (exact) mass is 332 g/mol. The Hall–Kier alpha value is -2.83. The third kappa shape index (κ3) is 3.92. The number of anilines is 1. The fraction of sp³-hybridized carbons (Fsp3) is 0.353. The van der Waals surface area contributed by atoms with Crippen molar-refractivity contribution in [2.75, 3.05) is 19.0 Å². The van der Waals surface area contributed by atoms with Gasteiger partial charge in [-0.1, -0.05) is 0 Å². The molecule has 1 aliphatic rings. The maximum absolute atomic E-state index is 12.5. The van der Waals surface area contributed by atoms with E-state index >= 15 is 0 Å². The first kappa shape index (κ1) is 17.5. The summed E-state index contributed by atoms with van der Waals surface area (Å²) in [5.74, 6) is -1.57. The number of amides is 2.